The van der Waals surface area contributed by atoms with Gasteiger partial charge in [-0.25, -0.2) is 9.18 Å². The average molecular weight is 461 g/mol. The molecule has 33 heavy (non-hydrogen) atoms. The highest BCUT2D eigenvalue weighted by Crippen LogP contribution is 2.21. The zero-order valence-corrected chi connectivity index (χ0v) is 20.6. The number of piperazine rings is 1. The van der Waals surface area contributed by atoms with Crippen LogP contribution in [0.3, 0.4) is 0 Å². The van der Waals surface area contributed by atoms with E-state index >= 15 is 0 Å². The molecule has 184 valence electrons. The van der Waals surface area contributed by atoms with Crippen LogP contribution < -0.4 is 5.32 Å². The first-order chi connectivity index (χ1) is 15.7. The zero-order valence-electron chi connectivity index (χ0n) is 20.6. The smallest absolute Gasteiger partial charge is 0.317 e. The van der Waals surface area contributed by atoms with Gasteiger partial charge in [-0.2, -0.15) is 0 Å². The first-order valence-corrected chi connectivity index (χ1v) is 12.5. The van der Waals surface area contributed by atoms with E-state index in [1.54, 1.807) is 12.1 Å². The van der Waals surface area contributed by atoms with Gasteiger partial charge in [0.25, 0.3) is 0 Å². The van der Waals surface area contributed by atoms with Gasteiger partial charge in [0.05, 0.1) is 0 Å². The van der Waals surface area contributed by atoms with Crippen LogP contribution in [0.15, 0.2) is 24.3 Å². The lowest BCUT2D eigenvalue weighted by molar-refractivity contribution is -0.134. The highest BCUT2D eigenvalue weighted by molar-refractivity contribution is 5.77. The minimum atomic E-state index is -0.267. The maximum atomic E-state index is 13.3. The second kappa shape index (κ2) is 11.8. The Kier molecular flexibility index (Phi) is 9.12. The predicted octanol–water partition coefficient (Wildman–Crippen LogP) is 4.25. The number of amides is 3. The van der Waals surface area contributed by atoms with E-state index in [-0.39, 0.29) is 23.2 Å². The molecule has 1 saturated heterocycles. The molecule has 1 aliphatic heterocycles. The van der Waals surface area contributed by atoms with Crippen molar-refractivity contribution >= 4 is 11.9 Å². The highest BCUT2D eigenvalue weighted by atomic mass is 19.1. The molecule has 1 aliphatic carbocycles. The number of carbonyl (C=O) groups is 2. The zero-order chi connectivity index (χ0) is 23.8. The van der Waals surface area contributed by atoms with Crippen LogP contribution in [-0.2, 0) is 11.3 Å². The van der Waals surface area contributed by atoms with Crippen LogP contribution in [-0.4, -0.2) is 71.9 Å². The van der Waals surface area contributed by atoms with Crippen molar-refractivity contribution in [2.75, 3.05) is 39.3 Å². The Morgan fingerprint density at radius 2 is 1.67 bits per heavy atom. The molecule has 3 amide bonds. The molecule has 7 heteroatoms. The molecule has 0 radical (unpaired) electrons. The fraction of sp³-hybridized carbons (Fsp3) is 0.692. The molecule has 0 atom stereocenters. The van der Waals surface area contributed by atoms with Crippen molar-refractivity contribution in [3.05, 3.63) is 35.6 Å². The minimum Gasteiger partial charge on any atom is -0.337 e. The number of urea groups is 1. The third-order valence-corrected chi connectivity index (χ3v) is 6.60. The quantitative estimate of drug-likeness (QED) is 0.662. The van der Waals surface area contributed by atoms with Crippen LogP contribution in [0, 0.1) is 11.2 Å². The van der Waals surface area contributed by atoms with Gasteiger partial charge in [0.2, 0.25) is 5.91 Å². The van der Waals surface area contributed by atoms with Crippen molar-refractivity contribution < 1.29 is 14.0 Å². The molecule has 2 fully saturated rings. The number of nitrogens with zero attached hydrogens (tertiary/aromatic N) is 3. The third kappa shape index (κ3) is 8.61. The van der Waals surface area contributed by atoms with Crippen LogP contribution in [0.25, 0.3) is 0 Å². The second-order valence-corrected chi connectivity index (χ2v) is 10.8. The number of carbonyl (C=O) groups excluding carboxylic acids is 2. The van der Waals surface area contributed by atoms with E-state index in [0.29, 0.717) is 38.6 Å². The Bertz CT molecular complexity index is 763. The normalized spacial score (nSPS) is 18.2. The van der Waals surface area contributed by atoms with E-state index in [2.05, 4.69) is 31.0 Å². The lowest BCUT2D eigenvalue weighted by atomic mass is 9.91. The average Bonchev–Trinajstić information content (AvgIpc) is 2.77. The summed E-state index contributed by atoms with van der Waals surface area (Å²) in [6.07, 6.45) is 6.36. The van der Waals surface area contributed by atoms with Crippen molar-refractivity contribution in [1.82, 2.24) is 20.0 Å². The molecule has 0 bridgehead atoms. The number of hydrogen-bond donors (Lipinski definition) is 1. The van der Waals surface area contributed by atoms with Gasteiger partial charge in [-0.1, -0.05) is 52.2 Å². The van der Waals surface area contributed by atoms with Crippen molar-refractivity contribution in [3.8, 4) is 0 Å². The van der Waals surface area contributed by atoms with Crippen molar-refractivity contribution in [1.29, 1.82) is 0 Å². The Morgan fingerprint density at radius 1 is 1.03 bits per heavy atom. The van der Waals surface area contributed by atoms with Gasteiger partial charge >= 0.3 is 6.03 Å². The van der Waals surface area contributed by atoms with Crippen LogP contribution >= 0.6 is 0 Å². The van der Waals surface area contributed by atoms with E-state index in [1.807, 2.05) is 9.80 Å². The first-order valence-electron chi connectivity index (χ1n) is 12.5. The standard InChI is InChI=1S/C26H41FN4O2/c1-26(2,3)19-24(32)31(20-21-9-11-22(27)12-10-21)18-15-29-13-16-30(17-14-29)25(33)28-23-7-5-4-6-8-23/h9-12,23H,4-8,13-20H2,1-3H3,(H,28,33). The lowest BCUT2D eigenvalue weighted by Gasteiger charge is -2.37. The summed E-state index contributed by atoms with van der Waals surface area (Å²) in [7, 11) is 0. The Hall–Kier alpha value is -2.15. The van der Waals surface area contributed by atoms with Gasteiger partial charge in [-0.3, -0.25) is 9.69 Å². The van der Waals surface area contributed by atoms with Crippen LogP contribution in [0.5, 0.6) is 0 Å². The predicted molar refractivity (Wildman–Crippen MR) is 129 cm³/mol. The fourth-order valence-corrected chi connectivity index (χ4v) is 4.62. The summed E-state index contributed by atoms with van der Waals surface area (Å²) in [5.41, 5.74) is 0.845. The van der Waals surface area contributed by atoms with E-state index < -0.39 is 0 Å². The molecule has 1 aromatic carbocycles. The summed E-state index contributed by atoms with van der Waals surface area (Å²) in [6, 6.07) is 6.78. The lowest BCUT2D eigenvalue weighted by Crippen LogP contribution is -2.54. The molecule has 0 unspecified atom stereocenters. The molecular weight excluding hydrogens is 419 g/mol. The largest absolute Gasteiger partial charge is 0.337 e. The Morgan fingerprint density at radius 3 is 2.27 bits per heavy atom. The molecular formula is C26H41FN4O2. The van der Waals surface area contributed by atoms with Crippen molar-refractivity contribution in [3.63, 3.8) is 0 Å². The maximum absolute atomic E-state index is 13.3. The molecule has 1 saturated carbocycles. The molecule has 3 rings (SSSR count). The van der Waals surface area contributed by atoms with Crippen LogP contribution in [0.1, 0.15) is 64.9 Å². The van der Waals surface area contributed by atoms with Gasteiger partial charge < -0.3 is 15.1 Å². The highest BCUT2D eigenvalue weighted by Gasteiger charge is 2.26. The van der Waals surface area contributed by atoms with Gasteiger partial charge in [0.1, 0.15) is 5.82 Å². The summed E-state index contributed by atoms with van der Waals surface area (Å²) < 4.78 is 13.3. The maximum Gasteiger partial charge on any atom is 0.317 e. The van der Waals surface area contributed by atoms with Gasteiger partial charge in [-0.05, 0) is 36.0 Å². The fourth-order valence-electron chi connectivity index (χ4n) is 4.62. The van der Waals surface area contributed by atoms with Gasteiger partial charge in [0, 0.05) is 58.3 Å². The molecule has 2 aliphatic rings. The second-order valence-electron chi connectivity index (χ2n) is 10.8. The number of benzene rings is 1. The number of nitrogens with one attached hydrogen (secondary N) is 1. The van der Waals surface area contributed by atoms with E-state index in [9.17, 15) is 14.0 Å². The van der Waals surface area contributed by atoms with E-state index in [4.69, 9.17) is 0 Å². The molecule has 1 aromatic rings. The summed E-state index contributed by atoms with van der Waals surface area (Å²) in [5, 5.41) is 3.21. The van der Waals surface area contributed by atoms with E-state index in [1.165, 1.54) is 31.4 Å². The minimum absolute atomic E-state index is 0.0693. The van der Waals surface area contributed by atoms with E-state index in [0.717, 1.165) is 38.0 Å². The Labute approximate surface area is 198 Å². The van der Waals surface area contributed by atoms with Crippen molar-refractivity contribution in [2.45, 2.75) is 71.9 Å². The number of hydrogen-bond acceptors (Lipinski definition) is 3. The van der Waals surface area contributed by atoms with Crippen molar-refractivity contribution in [2.24, 2.45) is 5.41 Å². The molecule has 6 nitrogen and oxygen atoms in total. The first kappa shape index (κ1) is 25.5. The summed E-state index contributed by atoms with van der Waals surface area (Å²) in [4.78, 5) is 31.7. The van der Waals surface area contributed by atoms with Crippen LogP contribution in [0.2, 0.25) is 0 Å². The summed E-state index contributed by atoms with van der Waals surface area (Å²) in [6.45, 7) is 11.1. The van der Waals surface area contributed by atoms with Gasteiger partial charge in [0.15, 0.2) is 0 Å². The summed E-state index contributed by atoms with van der Waals surface area (Å²) in [5.74, 6) is -0.144. The SMILES string of the molecule is CC(C)(C)CC(=O)N(CCN1CCN(C(=O)NC2CCCCC2)CC1)Cc1ccc(F)cc1. The van der Waals surface area contributed by atoms with Crippen LogP contribution in [0.4, 0.5) is 9.18 Å². The summed E-state index contributed by atoms with van der Waals surface area (Å²) >= 11 is 0. The monoisotopic (exact) mass is 460 g/mol. The molecule has 1 heterocycles. The molecule has 0 spiro atoms. The molecule has 0 aromatic heterocycles. The topological polar surface area (TPSA) is 55.9 Å². The Balaban J connectivity index is 1.48. The number of halogens is 1. The van der Waals surface area contributed by atoms with Gasteiger partial charge in [-0.15, -0.1) is 0 Å². The number of rotatable bonds is 7. The molecule has 1 N–H and O–H groups in total. The third-order valence-electron chi connectivity index (χ3n) is 6.60.